The molecule has 1 aliphatic carbocycles. The highest BCUT2D eigenvalue weighted by atomic mass is 16.3. The SMILES string of the molecule is Cc1cc(C(=O)N(CCCN)C2CCCCC2)co1. The zero-order chi connectivity index (χ0) is 13.7. The van der Waals surface area contributed by atoms with Crippen LogP contribution in [-0.2, 0) is 0 Å². The number of hydrogen-bond donors (Lipinski definition) is 1. The number of furan rings is 1. The molecule has 1 amide bonds. The monoisotopic (exact) mass is 264 g/mol. The molecule has 106 valence electrons. The molecular weight excluding hydrogens is 240 g/mol. The summed E-state index contributed by atoms with van der Waals surface area (Å²) >= 11 is 0. The Morgan fingerprint density at radius 2 is 2.16 bits per heavy atom. The number of amides is 1. The van der Waals surface area contributed by atoms with Crippen LogP contribution in [0, 0.1) is 6.92 Å². The Kier molecular flexibility index (Phi) is 5.02. The first-order valence-corrected chi connectivity index (χ1v) is 7.28. The normalized spacial score (nSPS) is 16.5. The molecule has 0 bridgehead atoms. The molecule has 4 nitrogen and oxygen atoms in total. The molecule has 1 aliphatic rings. The average Bonchev–Trinajstić information content (AvgIpc) is 2.87. The molecule has 1 fully saturated rings. The highest BCUT2D eigenvalue weighted by Crippen LogP contribution is 2.24. The summed E-state index contributed by atoms with van der Waals surface area (Å²) in [4.78, 5) is 14.6. The van der Waals surface area contributed by atoms with Gasteiger partial charge in [0.25, 0.3) is 5.91 Å². The van der Waals surface area contributed by atoms with Gasteiger partial charge in [0.2, 0.25) is 0 Å². The summed E-state index contributed by atoms with van der Waals surface area (Å²) in [5.41, 5.74) is 6.26. The van der Waals surface area contributed by atoms with Gasteiger partial charge in [0.15, 0.2) is 0 Å². The van der Waals surface area contributed by atoms with Crippen molar-refractivity contribution in [3.8, 4) is 0 Å². The summed E-state index contributed by atoms with van der Waals surface area (Å²) in [6.45, 7) is 3.24. The van der Waals surface area contributed by atoms with Crippen molar-refractivity contribution in [3.63, 3.8) is 0 Å². The predicted molar refractivity (Wildman–Crippen MR) is 75.0 cm³/mol. The van der Waals surface area contributed by atoms with Crippen LogP contribution in [0.2, 0.25) is 0 Å². The van der Waals surface area contributed by atoms with Crippen LogP contribution in [0.3, 0.4) is 0 Å². The highest BCUT2D eigenvalue weighted by Gasteiger charge is 2.26. The van der Waals surface area contributed by atoms with E-state index >= 15 is 0 Å². The summed E-state index contributed by atoms with van der Waals surface area (Å²) in [5.74, 6) is 0.878. The summed E-state index contributed by atoms with van der Waals surface area (Å²) in [6.07, 6.45) is 8.40. The number of aryl methyl sites for hydroxylation is 1. The van der Waals surface area contributed by atoms with Crippen molar-refractivity contribution in [1.29, 1.82) is 0 Å². The molecule has 1 aromatic heterocycles. The Hall–Kier alpha value is -1.29. The van der Waals surface area contributed by atoms with Gasteiger partial charge in [0.1, 0.15) is 12.0 Å². The maximum atomic E-state index is 12.6. The van der Waals surface area contributed by atoms with Crippen molar-refractivity contribution in [3.05, 3.63) is 23.7 Å². The molecule has 0 aliphatic heterocycles. The van der Waals surface area contributed by atoms with Crippen molar-refractivity contribution in [1.82, 2.24) is 4.90 Å². The van der Waals surface area contributed by atoms with E-state index in [4.69, 9.17) is 10.2 Å². The van der Waals surface area contributed by atoms with Crippen LogP contribution in [0.15, 0.2) is 16.7 Å². The zero-order valence-corrected chi connectivity index (χ0v) is 11.7. The first kappa shape index (κ1) is 14.1. The minimum atomic E-state index is 0.0946. The number of rotatable bonds is 5. The van der Waals surface area contributed by atoms with Gasteiger partial charge in [-0.2, -0.15) is 0 Å². The number of carbonyl (C=O) groups excluding carboxylic acids is 1. The second-order valence-corrected chi connectivity index (χ2v) is 5.38. The van der Waals surface area contributed by atoms with Gasteiger partial charge < -0.3 is 15.1 Å². The van der Waals surface area contributed by atoms with Crippen molar-refractivity contribution in [2.24, 2.45) is 5.73 Å². The van der Waals surface area contributed by atoms with Crippen molar-refractivity contribution < 1.29 is 9.21 Å². The second kappa shape index (κ2) is 6.75. The molecule has 1 saturated carbocycles. The Balaban J connectivity index is 2.09. The third-order valence-electron chi connectivity index (χ3n) is 3.86. The van der Waals surface area contributed by atoms with E-state index in [1.165, 1.54) is 19.3 Å². The van der Waals surface area contributed by atoms with E-state index in [-0.39, 0.29) is 5.91 Å². The molecular formula is C15H24N2O2. The molecule has 2 rings (SSSR count). The molecule has 2 N–H and O–H groups in total. The van der Waals surface area contributed by atoms with E-state index in [0.29, 0.717) is 18.2 Å². The van der Waals surface area contributed by atoms with Gasteiger partial charge in [0, 0.05) is 12.6 Å². The Morgan fingerprint density at radius 3 is 2.74 bits per heavy atom. The summed E-state index contributed by atoms with van der Waals surface area (Å²) in [5, 5.41) is 0. The standard InChI is InChI=1S/C15H24N2O2/c1-12-10-13(11-19-12)15(18)17(9-5-8-16)14-6-3-2-4-7-14/h10-11,14H,2-9,16H2,1H3. The summed E-state index contributed by atoms with van der Waals surface area (Å²) in [6, 6.07) is 2.20. The fourth-order valence-corrected chi connectivity index (χ4v) is 2.83. The third kappa shape index (κ3) is 3.60. The lowest BCUT2D eigenvalue weighted by Crippen LogP contribution is -2.42. The van der Waals surface area contributed by atoms with Crippen LogP contribution in [-0.4, -0.2) is 29.9 Å². The number of hydrogen-bond acceptors (Lipinski definition) is 3. The van der Waals surface area contributed by atoms with Crippen LogP contribution in [0.1, 0.15) is 54.6 Å². The Morgan fingerprint density at radius 1 is 1.42 bits per heavy atom. The second-order valence-electron chi connectivity index (χ2n) is 5.38. The molecule has 0 atom stereocenters. The van der Waals surface area contributed by atoms with Crippen LogP contribution in [0.5, 0.6) is 0 Å². The molecule has 0 spiro atoms. The van der Waals surface area contributed by atoms with Crippen molar-refractivity contribution in [2.75, 3.05) is 13.1 Å². The fraction of sp³-hybridized carbons (Fsp3) is 0.667. The minimum absolute atomic E-state index is 0.0946. The Bertz CT molecular complexity index is 408. The third-order valence-corrected chi connectivity index (χ3v) is 3.86. The van der Waals surface area contributed by atoms with E-state index in [1.54, 1.807) is 6.26 Å². The van der Waals surface area contributed by atoms with Crippen LogP contribution >= 0.6 is 0 Å². The first-order valence-electron chi connectivity index (χ1n) is 7.28. The molecule has 4 heteroatoms. The average molecular weight is 264 g/mol. The lowest BCUT2D eigenvalue weighted by Gasteiger charge is -2.34. The van der Waals surface area contributed by atoms with E-state index in [2.05, 4.69) is 0 Å². The molecule has 0 unspecified atom stereocenters. The fourth-order valence-electron chi connectivity index (χ4n) is 2.83. The van der Waals surface area contributed by atoms with Gasteiger partial charge in [-0.15, -0.1) is 0 Å². The van der Waals surface area contributed by atoms with Gasteiger partial charge in [-0.1, -0.05) is 19.3 Å². The van der Waals surface area contributed by atoms with Crippen molar-refractivity contribution >= 4 is 5.91 Å². The largest absolute Gasteiger partial charge is 0.469 e. The van der Waals surface area contributed by atoms with Gasteiger partial charge in [-0.05, 0) is 38.8 Å². The maximum absolute atomic E-state index is 12.6. The smallest absolute Gasteiger partial charge is 0.257 e. The van der Waals surface area contributed by atoms with Gasteiger partial charge in [-0.25, -0.2) is 0 Å². The lowest BCUT2D eigenvalue weighted by atomic mass is 9.93. The van der Waals surface area contributed by atoms with Crippen LogP contribution in [0.25, 0.3) is 0 Å². The topological polar surface area (TPSA) is 59.5 Å². The molecule has 1 heterocycles. The molecule has 19 heavy (non-hydrogen) atoms. The molecule has 0 saturated heterocycles. The molecule has 1 aromatic rings. The van der Waals surface area contributed by atoms with E-state index in [1.807, 2.05) is 17.9 Å². The van der Waals surface area contributed by atoms with Crippen LogP contribution < -0.4 is 5.73 Å². The minimum Gasteiger partial charge on any atom is -0.469 e. The Labute approximate surface area is 114 Å². The van der Waals surface area contributed by atoms with Crippen molar-refractivity contribution in [2.45, 2.75) is 51.5 Å². The maximum Gasteiger partial charge on any atom is 0.257 e. The predicted octanol–water partition coefficient (Wildman–Crippen LogP) is 2.71. The number of nitrogens with two attached hydrogens (primary N) is 1. The quantitative estimate of drug-likeness (QED) is 0.889. The number of nitrogens with zero attached hydrogens (tertiary/aromatic N) is 1. The van der Waals surface area contributed by atoms with Crippen LogP contribution in [0.4, 0.5) is 0 Å². The number of carbonyl (C=O) groups is 1. The highest BCUT2D eigenvalue weighted by molar-refractivity contribution is 5.94. The van der Waals surface area contributed by atoms with Gasteiger partial charge in [0.05, 0.1) is 5.56 Å². The van der Waals surface area contributed by atoms with Gasteiger partial charge in [-0.3, -0.25) is 4.79 Å². The first-order chi connectivity index (χ1) is 9.22. The molecule has 0 radical (unpaired) electrons. The van der Waals surface area contributed by atoms with E-state index < -0.39 is 0 Å². The lowest BCUT2D eigenvalue weighted by molar-refractivity contribution is 0.0632. The summed E-state index contributed by atoms with van der Waals surface area (Å²) in [7, 11) is 0. The summed E-state index contributed by atoms with van der Waals surface area (Å²) < 4.78 is 5.26. The van der Waals surface area contributed by atoms with E-state index in [0.717, 1.165) is 31.6 Å². The zero-order valence-electron chi connectivity index (χ0n) is 11.7. The molecule has 0 aromatic carbocycles. The van der Waals surface area contributed by atoms with E-state index in [9.17, 15) is 4.79 Å². The van der Waals surface area contributed by atoms with Gasteiger partial charge >= 0.3 is 0 Å².